The largest absolute Gasteiger partial charge is 0.393 e. The van der Waals surface area contributed by atoms with Crippen LogP contribution in [-0.2, 0) is 0 Å². The highest BCUT2D eigenvalue weighted by Gasteiger charge is 2.22. The van der Waals surface area contributed by atoms with E-state index in [-0.39, 0.29) is 6.10 Å². The van der Waals surface area contributed by atoms with Gasteiger partial charge in [0.1, 0.15) is 0 Å². The van der Waals surface area contributed by atoms with Gasteiger partial charge in [-0.2, -0.15) is 0 Å². The first kappa shape index (κ1) is 10.7. The standard InChI is InChI=1S/C11H15ClN2O/c12-10-7-13-4-3-11(10)14-6-8-1-2-9(15)5-8/h3-4,7-9,15H,1-2,5-6H2,(H,13,14). The van der Waals surface area contributed by atoms with Crippen molar-refractivity contribution >= 4 is 17.3 Å². The molecule has 1 aromatic rings. The van der Waals surface area contributed by atoms with Crippen LogP contribution < -0.4 is 5.32 Å². The number of pyridine rings is 1. The molecule has 0 radical (unpaired) electrons. The molecule has 2 unspecified atom stereocenters. The lowest BCUT2D eigenvalue weighted by molar-refractivity contribution is 0.178. The van der Waals surface area contributed by atoms with E-state index in [0.29, 0.717) is 10.9 Å². The fourth-order valence-corrected chi connectivity index (χ4v) is 2.19. The summed E-state index contributed by atoms with van der Waals surface area (Å²) >= 11 is 5.96. The Kier molecular flexibility index (Phi) is 3.44. The molecule has 1 saturated carbocycles. The molecule has 2 atom stereocenters. The minimum absolute atomic E-state index is 0.107. The van der Waals surface area contributed by atoms with Crippen molar-refractivity contribution in [1.29, 1.82) is 0 Å². The molecule has 15 heavy (non-hydrogen) atoms. The lowest BCUT2D eigenvalue weighted by atomic mass is 10.1. The minimum atomic E-state index is -0.107. The number of halogens is 1. The molecule has 2 N–H and O–H groups in total. The number of anilines is 1. The van der Waals surface area contributed by atoms with Crippen LogP contribution >= 0.6 is 11.6 Å². The highest BCUT2D eigenvalue weighted by Crippen LogP contribution is 2.26. The average molecular weight is 227 g/mol. The topological polar surface area (TPSA) is 45.1 Å². The molecule has 0 amide bonds. The van der Waals surface area contributed by atoms with E-state index in [2.05, 4.69) is 10.3 Å². The lowest BCUT2D eigenvalue weighted by Crippen LogP contribution is -2.12. The Hall–Kier alpha value is -0.800. The number of nitrogens with zero attached hydrogens (tertiary/aromatic N) is 1. The van der Waals surface area contributed by atoms with Crippen molar-refractivity contribution in [3.05, 3.63) is 23.5 Å². The van der Waals surface area contributed by atoms with Gasteiger partial charge in [0.25, 0.3) is 0 Å². The molecular formula is C11H15ClN2O. The SMILES string of the molecule is OC1CCC(CNc2ccncc2Cl)C1. The van der Waals surface area contributed by atoms with E-state index in [9.17, 15) is 5.11 Å². The normalized spacial score (nSPS) is 25.5. The molecule has 1 aliphatic carbocycles. The summed E-state index contributed by atoms with van der Waals surface area (Å²) in [5.74, 6) is 0.559. The Labute approximate surface area is 94.5 Å². The first-order valence-corrected chi connectivity index (χ1v) is 5.65. The van der Waals surface area contributed by atoms with E-state index in [1.165, 1.54) is 0 Å². The van der Waals surface area contributed by atoms with Crippen LogP contribution in [0.25, 0.3) is 0 Å². The second-order valence-electron chi connectivity index (χ2n) is 4.07. The van der Waals surface area contributed by atoms with Gasteiger partial charge in [-0.25, -0.2) is 0 Å². The van der Waals surface area contributed by atoms with Gasteiger partial charge >= 0.3 is 0 Å². The Balaban J connectivity index is 1.86. The molecule has 4 heteroatoms. The van der Waals surface area contributed by atoms with E-state index in [4.69, 9.17) is 11.6 Å². The fourth-order valence-electron chi connectivity index (χ4n) is 2.01. The number of hydrogen-bond acceptors (Lipinski definition) is 3. The highest BCUT2D eigenvalue weighted by atomic mass is 35.5. The number of hydrogen-bond donors (Lipinski definition) is 2. The zero-order chi connectivity index (χ0) is 10.7. The quantitative estimate of drug-likeness (QED) is 0.832. The van der Waals surface area contributed by atoms with E-state index in [1.807, 2.05) is 6.07 Å². The van der Waals surface area contributed by atoms with Crippen molar-refractivity contribution in [2.75, 3.05) is 11.9 Å². The lowest BCUT2D eigenvalue weighted by Gasteiger charge is -2.12. The second-order valence-corrected chi connectivity index (χ2v) is 4.48. The number of aliphatic hydroxyl groups excluding tert-OH is 1. The Morgan fingerprint density at radius 3 is 3.07 bits per heavy atom. The summed E-state index contributed by atoms with van der Waals surface area (Å²) in [4.78, 5) is 3.92. The van der Waals surface area contributed by atoms with E-state index >= 15 is 0 Å². The first-order valence-electron chi connectivity index (χ1n) is 5.27. The van der Waals surface area contributed by atoms with E-state index < -0.39 is 0 Å². The average Bonchev–Trinajstić information content (AvgIpc) is 2.63. The van der Waals surface area contributed by atoms with Crippen LogP contribution in [0.2, 0.25) is 5.02 Å². The Morgan fingerprint density at radius 2 is 2.40 bits per heavy atom. The van der Waals surface area contributed by atoms with Crippen LogP contribution in [-0.4, -0.2) is 22.7 Å². The maximum absolute atomic E-state index is 9.39. The van der Waals surface area contributed by atoms with Crippen LogP contribution in [0.15, 0.2) is 18.5 Å². The molecule has 0 bridgehead atoms. The van der Waals surface area contributed by atoms with Gasteiger partial charge in [-0.15, -0.1) is 0 Å². The first-order chi connectivity index (χ1) is 7.25. The van der Waals surface area contributed by atoms with Crippen molar-refractivity contribution in [1.82, 2.24) is 4.98 Å². The zero-order valence-electron chi connectivity index (χ0n) is 8.49. The predicted molar refractivity (Wildman–Crippen MR) is 61.1 cm³/mol. The van der Waals surface area contributed by atoms with E-state index in [0.717, 1.165) is 31.5 Å². The molecule has 82 valence electrons. The maximum Gasteiger partial charge on any atom is 0.0820 e. The van der Waals surface area contributed by atoms with Gasteiger partial charge in [0.15, 0.2) is 0 Å². The monoisotopic (exact) mass is 226 g/mol. The van der Waals surface area contributed by atoms with Gasteiger partial charge < -0.3 is 10.4 Å². The molecule has 0 aliphatic heterocycles. The molecule has 0 spiro atoms. The van der Waals surface area contributed by atoms with E-state index in [1.54, 1.807) is 12.4 Å². The van der Waals surface area contributed by atoms with Gasteiger partial charge in [0.05, 0.1) is 16.8 Å². The summed E-state index contributed by atoms with van der Waals surface area (Å²) in [5, 5.41) is 13.3. The summed E-state index contributed by atoms with van der Waals surface area (Å²) < 4.78 is 0. The van der Waals surface area contributed by atoms with Gasteiger partial charge in [0.2, 0.25) is 0 Å². The Bertz CT molecular complexity index is 332. The molecule has 0 aromatic carbocycles. The summed E-state index contributed by atoms with van der Waals surface area (Å²) in [6.07, 6.45) is 6.17. The second kappa shape index (κ2) is 4.81. The van der Waals surface area contributed by atoms with Crippen molar-refractivity contribution in [2.45, 2.75) is 25.4 Å². The third kappa shape index (κ3) is 2.83. The number of aromatic nitrogens is 1. The van der Waals surface area contributed by atoms with Gasteiger partial charge in [-0.05, 0) is 31.2 Å². The van der Waals surface area contributed by atoms with Crippen molar-refractivity contribution < 1.29 is 5.11 Å². The summed E-state index contributed by atoms with van der Waals surface area (Å²) in [6, 6.07) is 1.87. The van der Waals surface area contributed by atoms with Crippen LogP contribution in [0.4, 0.5) is 5.69 Å². The van der Waals surface area contributed by atoms with Gasteiger partial charge in [0, 0.05) is 18.9 Å². The fraction of sp³-hybridized carbons (Fsp3) is 0.545. The van der Waals surface area contributed by atoms with Crippen molar-refractivity contribution in [3.8, 4) is 0 Å². The number of aliphatic hydroxyl groups is 1. The number of rotatable bonds is 3. The van der Waals surface area contributed by atoms with Crippen LogP contribution in [0.5, 0.6) is 0 Å². The summed E-state index contributed by atoms with van der Waals surface area (Å²) in [5.41, 5.74) is 0.924. The Morgan fingerprint density at radius 1 is 1.53 bits per heavy atom. The molecule has 1 aliphatic rings. The minimum Gasteiger partial charge on any atom is -0.393 e. The highest BCUT2D eigenvalue weighted by molar-refractivity contribution is 6.33. The molecule has 0 saturated heterocycles. The molecule has 1 aromatic heterocycles. The zero-order valence-corrected chi connectivity index (χ0v) is 9.24. The summed E-state index contributed by atoms with van der Waals surface area (Å²) in [6.45, 7) is 0.876. The van der Waals surface area contributed by atoms with Gasteiger partial charge in [-0.1, -0.05) is 11.6 Å². The molecule has 1 fully saturated rings. The molecule has 2 rings (SSSR count). The van der Waals surface area contributed by atoms with Crippen LogP contribution in [0.1, 0.15) is 19.3 Å². The smallest absolute Gasteiger partial charge is 0.0820 e. The van der Waals surface area contributed by atoms with Crippen LogP contribution in [0, 0.1) is 5.92 Å². The molecule has 1 heterocycles. The van der Waals surface area contributed by atoms with Gasteiger partial charge in [-0.3, -0.25) is 4.98 Å². The number of nitrogens with one attached hydrogen (secondary N) is 1. The molecular weight excluding hydrogens is 212 g/mol. The van der Waals surface area contributed by atoms with Crippen molar-refractivity contribution in [3.63, 3.8) is 0 Å². The predicted octanol–water partition coefficient (Wildman–Crippen LogP) is 2.31. The van der Waals surface area contributed by atoms with Crippen LogP contribution in [0.3, 0.4) is 0 Å². The third-order valence-corrected chi connectivity index (χ3v) is 3.17. The third-order valence-electron chi connectivity index (χ3n) is 2.87. The van der Waals surface area contributed by atoms with Crippen molar-refractivity contribution in [2.24, 2.45) is 5.92 Å². The molecule has 3 nitrogen and oxygen atoms in total. The maximum atomic E-state index is 9.39. The summed E-state index contributed by atoms with van der Waals surface area (Å²) in [7, 11) is 0.